The maximum atomic E-state index is 14.4. The molecule has 270 valence electrons. The van der Waals surface area contributed by atoms with E-state index >= 15 is 0 Å². The largest absolute Gasteiger partial charge is 0.492 e. The highest BCUT2D eigenvalue weighted by Gasteiger charge is 2.42. The Labute approximate surface area is 300 Å². The smallest absolute Gasteiger partial charge is 0.305 e. The number of carbonyl (C=O) groups excluding carboxylic acids is 2. The number of amides is 2. The predicted octanol–water partition coefficient (Wildman–Crippen LogP) is 6.92. The summed E-state index contributed by atoms with van der Waals surface area (Å²) in [6.07, 6.45) is 7.04. The number of nitrogens with zero attached hydrogens (tertiary/aromatic N) is 1. The minimum absolute atomic E-state index is 0.0478. The number of ether oxygens (including phenoxy) is 1. The molecule has 3 aromatic rings. The third-order valence-electron chi connectivity index (χ3n) is 8.98. The number of carbonyl (C=O) groups is 3. The lowest BCUT2D eigenvalue weighted by Crippen LogP contribution is -2.41. The van der Waals surface area contributed by atoms with Crippen LogP contribution < -0.4 is 20.3 Å². The number of hydrogen-bond acceptors (Lipinski definition) is 8. The fraction of sp³-hybridized carbons (Fsp3) is 0.447. The van der Waals surface area contributed by atoms with Crippen molar-refractivity contribution < 1.29 is 32.6 Å². The number of anilines is 2. The molecule has 0 spiro atoms. The van der Waals surface area contributed by atoms with Crippen molar-refractivity contribution >= 4 is 50.8 Å². The molecule has 10 nitrogen and oxygen atoms in total. The molecular formula is C38H49N3O7S2. The summed E-state index contributed by atoms with van der Waals surface area (Å²) in [6, 6.07) is 21.1. The van der Waals surface area contributed by atoms with E-state index in [-0.39, 0.29) is 36.6 Å². The van der Waals surface area contributed by atoms with Crippen LogP contribution in [0.2, 0.25) is 0 Å². The monoisotopic (exact) mass is 723 g/mol. The highest BCUT2D eigenvalue weighted by molar-refractivity contribution is 7.98. The van der Waals surface area contributed by atoms with E-state index in [9.17, 15) is 22.8 Å². The van der Waals surface area contributed by atoms with Crippen LogP contribution in [0.4, 0.5) is 11.4 Å². The number of carboxylic acids is 1. The van der Waals surface area contributed by atoms with E-state index in [1.54, 1.807) is 36.4 Å². The van der Waals surface area contributed by atoms with Gasteiger partial charge in [0.05, 0.1) is 40.7 Å². The molecule has 12 heteroatoms. The number of sulfone groups is 1. The Hall–Kier alpha value is -4.03. The summed E-state index contributed by atoms with van der Waals surface area (Å²) >= 11 is 1.44. The Morgan fingerprint density at radius 1 is 0.960 bits per heavy atom. The lowest BCUT2D eigenvalue weighted by molar-refractivity contribution is -0.137. The molecule has 0 saturated heterocycles. The summed E-state index contributed by atoms with van der Waals surface area (Å²) in [4.78, 5) is 40.1. The van der Waals surface area contributed by atoms with Crippen LogP contribution in [0, 0.1) is 5.41 Å². The van der Waals surface area contributed by atoms with E-state index in [0.29, 0.717) is 23.5 Å². The number of fused-ring (bicyclic) bond motifs is 1. The number of hydrogen-bond donors (Lipinski definition) is 3. The maximum Gasteiger partial charge on any atom is 0.305 e. The predicted molar refractivity (Wildman–Crippen MR) is 198 cm³/mol. The van der Waals surface area contributed by atoms with Gasteiger partial charge in [-0.25, -0.2) is 8.42 Å². The molecular weight excluding hydrogens is 675 g/mol. The number of nitrogens with one attached hydrogen (secondary N) is 2. The zero-order valence-corrected chi connectivity index (χ0v) is 30.8. The Balaban J connectivity index is 1.60. The molecule has 0 aromatic heterocycles. The molecule has 0 bridgehead atoms. The van der Waals surface area contributed by atoms with Gasteiger partial charge in [0.1, 0.15) is 11.8 Å². The number of unbranched alkanes of at least 4 members (excludes halogenated alkanes) is 2. The van der Waals surface area contributed by atoms with Crippen LogP contribution >= 0.6 is 11.8 Å². The van der Waals surface area contributed by atoms with E-state index in [0.717, 1.165) is 49.1 Å². The normalized spacial score (nSPS) is 15.3. The van der Waals surface area contributed by atoms with Gasteiger partial charge in [0.2, 0.25) is 11.8 Å². The molecule has 0 aliphatic carbocycles. The number of carboxylic acid groups (broad SMARTS) is 1. The van der Waals surface area contributed by atoms with Gasteiger partial charge >= 0.3 is 5.97 Å². The molecule has 0 fully saturated rings. The van der Waals surface area contributed by atoms with Crippen molar-refractivity contribution in [1.29, 1.82) is 0 Å². The second-order valence-electron chi connectivity index (χ2n) is 12.8. The van der Waals surface area contributed by atoms with Gasteiger partial charge in [-0.15, -0.1) is 11.8 Å². The Kier molecular flexibility index (Phi) is 14.2. The van der Waals surface area contributed by atoms with Crippen LogP contribution in [-0.4, -0.2) is 63.0 Å². The van der Waals surface area contributed by atoms with Crippen molar-refractivity contribution in [3.05, 3.63) is 78.4 Å². The van der Waals surface area contributed by atoms with Crippen molar-refractivity contribution in [3.63, 3.8) is 0 Å². The first-order chi connectivity index (χ1) is 24.0. The van der Waals surface area contributed by atoms with E-state index in [4.69, 9.17) is 9.84 Å². The topological polar surface area (TPSA) is 142 Å². The van der Waals surface area contributed by atoms with E-state index in [1.165, 1.54) is 11.8 Å². The zero-order valence-electron chi connectivity index (χ0n) is 29.2. The van der Waals surface area contributed by atoms with Crippen molar-refractivity contribution in [1.82, 2.24) is 10.6 Å². The van der Waals surface area contributed by atoms with Gasteiger partial charge in [-0.2, -0.15) is 0 Å². The minimum Gasteiger partial charge on any atom is -0.492 e. The number of thioether (sulfide) groups is 1. The quantitative estimate of drug-likeness (QED) is 0.119. The molecule has 4 rings (SSSR count). The Bertz CT molecular complexity index is 1690. The van der Waals surface area contributed by atoms with E-state index in [2.05, 4.69) is 29.4 Å². The number of rotatable bonds is 18. The van der Waals surface area contributed by atoms with Crippen LogP contribution in [0.15, 0.2) is 82.6 Å². The fourth-order valence-electron chi connectivity index (χ4n) is 6.41. The van der Waals surface area contributed by atoms with Gasteiger partial charge in [-0.05, 0) is 42.9 Å². The molecule has 1 aliphatic rings. The van der Waals surface area contributed by atoms with E-state index < -0.39 is 39.1 Å². The summed E-state index contributed by atoms with van der Waals surface area (Å²) in [7, 11) is -3.74. The van der Waals surface area contributed by atoms with Crippen molar-refractivity contribution in [2.24, 2.45) is 5.41 Å². The van der Waals surface area contributed by atoms with Crippen LogP contribution in [0.25, 0.3) is 0 Å². The average Bonchev–Trinajstić information content (AvgIpc) is 3.20. The molecule has 0 unspecified atom stereocenters. The van der Waals surface area contributed by atoms with Gasteiger partial charge in [0.15, 0.2) is 9.84 Å². The number of aliphatic carboxylic acids is 1. The van der Waals surface area contributed by atoms with Crippen LogP contribution in [0.1, 0.15) is 76.8 Å². The first-order valence-electron chi connectivity index (χ1n) is 17.3. The lowest BCUT2D eigenvalue weighted by Gasteiger charge is -2.37. The fourth-order valence-corrected chi connectivity index (χ4v) is 9.07. The second kappa shape index (κ2) is 18.3. The zero-order chi connectivity index (χ0) is 36.1. The first kappa shape index (κ1) is 38.8. The van der Waals surface area contributed by atoms with Gasteiger partial charge in [0, 0.05) is 30.3 Å². The van der Waals surface area contributed by atoms with Gasteiger partial charge < -0.3 is 25.4 Å². The Morgan fingerprint density at radius 3 is 2.20 bits per heavy atom. The molecule has 1 aliphatic heterocycles. The molecule has 3 aromatic carbocycles. The Morgan fingerprint density at radius 2 is 1.60 bits per heavy atom. The molecule has 0 radical (unpaired) electrons. The van der Waals surface area contributed by atoms with Crippen LogP contribution in [-0.2, 0) is 24.2 Å². The van der Waals surface area contributed by atoms with Crippen LogP contribution in [0.5, 0.6) is 5.75 Å². The highest BCUT2D eigenvalue weighted by Crippen LogP contribution is 2.47. The standard InChI is InChI=1S/C38H49N3O7S2/c1-4-6-20-38(21-7-5-2)26-41(29-16-12-9-13-17-29)30-24-32(49-3)31(25-33(30)50(46,47)27-38)48-23-19-34(42)40-36(28-14-10-8-11-15-28)37(45)39-22-18-35(43)44/h8-17,24-25,36H,4-7,18-23,26-27H2,1-3H3,(H,39,45)(H,40,42)(H,43,44)/t36-/m1/s1. The SMILES string of the molecule is CCCCC1(CCCC)CN(c2ccccc2)c2cc(SC)c(OCCC(=O)N[C@@H](C(=O)NCCC(=O)O)c3ccccc3)cc2S(=O)(=O)C1. The summed E-state index contributed by atoms with van der Waals surface area (Å²) in [5, 5.41) is 14.3. The lowest BCUT2D eigenvalue weighted by atomic mass is 9.79. The summed E-state index contributed by atoms with van der Waals surface area (Å²) < 4.78 is 34.8. The summed E-state index contributed by atoms with van der Waals surface area (Å²) in [6.45, 7) is 4.73. The van der Waals surface area contributed by atoms with Gasteiger partial charge in [-0.3, -0.25) is 14.4 Å². The molecule has 2 amide bonds. The maximum absolute atomic E-state index is 14.4. The first-order valence-corrected chi connectivity index (χ1v) is 20.1. The molecule has 1 heterocycles. The third kappa shape index (κ3) is 10.3. The van der Waals surface area contributed by atoms with Crippen molar-refractivity contribution in [2.45, 2.75) is 81.0 Å². The molecule has 1 atom stereocenters. The van der Waals surface area contributed by atoms with Gasteiger partial charge in [0.25, 0.3) is 0 Å². The van der Waals surface area contributed by atoms with Gasteiger partial charge in [-0.1, -0.05) is 88.1 Å². The third-order valence-corrected chi connectivity index (χ3v) is 11.7. The van der Waals surface area contributed by atoms with Crippen molar-refractivity contribution in [2.75, 3.05) is 36.6 Å². The molecule has 50 heavy (non-hydrogen) atoms. The average molecular weight is 724 g/mol. The number of benzene rings is 3. The number of para-hydroxylation sites is 1. The molecule has 0 saturated carbocycles. The van der Waals surface area contributed by atoms with Crippen LogP contribution in [0.3, 0.4) is 0 Å². The minimum atomic E-state index is -3.74. The summed E-state index contributed by atoms with van der Waals surface area (Å²) in [5.41, 5.74) is 1.68. The summed E-state index contributed by atoms with van der Waals surface area (Å²) in [5.74, 6) is -1.59. The highest BCUT2D eigenvalue weighted by atomic mass is 32.2. The molecule has 3 N–H and O–H groups in total. The van der Waals surface area contributed by atoms with E-state index in [1.807, 2.05) is 42.7 Å². The van der Waals surface area contributed by atoms with Crippen molar-refractivity contribution in [3.8, 4) is 5.75 Å². The second-order valence-corrected chi connectivity index (χ2v) is 15.6.